The first-order valence-electron chi connectivity index (χ1n) is 5.99. The molecule has 0 aliphatic rings. The summed E-state index contributed by atoms with van der Waals surface area (Å²) in [6.45, 7) is 3.65. The fourth-order valence-corrected chi connectivity index (χ4v) is 1.76. The highest BCUT2D eigenvalue weighted by Gasteiger charge is 2.07. The minimum Gasteiger partial charge on any atom is -0.380 e. The Labute approximate surface area is 106 Å². The third-order valence-corrected chi connectivity index (χ3v) is 2.72. The van der Waals surface area contributed by atoms with Crippen molar-refractivity contribution in [3.63, 3.8) is 0 Å². The maximum Gasteiger partial charge on any atom is 0.251 e. The Balaban J connectivity index is 2.04. The van der Waals surface area contributed by atoms with Crippen LogP contribution in [0.15, 0.2) is 24.5 Å². The molecule has 2 aromatic rings. The van der Waals surface area contributed by atoms with E-state index in [9.17, 15) is 4.79 Å². The number of amides is 1. The van der Waals surface area contributed by atoms with E-state index < -0.39 is 0 Å². The molecule has 0 bridgehead atoms. The van der Waals surface area contributed by atoms with Gasteiger partial charge in [0.15, 0.2) is 0 Å². The number of nitrogens with zero attached hydrogens (tertiary/aromatic N) is 2. The molecule has 96 valence electrons. The highest BCUT2D eigenvalue weighted by Crippen LogP contribution is 2.13. The molecule has 0 fully saturated rings. The van der Waals surface area contributed by atoms with Gasteiger partial charge in [0.25, 0.3) is 5.91 Å². The molecule has 2 rings (SSSR count). The van der Waals surface area contributed by atoms with Crippen LogP contribution in [-0.4, -0.2) is 35.2 Å². The third kappa shape index (κ3) is 2.68. The van der Waals surface area contributed by atoms with Crippen molar-refractivity contribution in [3.05, 3.63) is 30.1 Å². The summed E-state index contributed by atoms with van der Waals surface area (Å²) in [6.07, 6.45) is 1.74. The van der Waals surface area contributed by atoms with Crippen molar-refractivity contribution in [1.82, 2.24) is 14.9 Å². The zero-order valence-electron chi connectivity index (χ0n) is 10.6. The van der Waals surface area contributed by atoms with E-state index in [0.29, 0.717) is 25.3 Å². The summed E-state index contributed by atoms with van der Waals surface area (Å²) in [5.41, 5.74) is 2.47. The number of aromatic nitrogens is 2. The van der Waals surface area contributed by atoms with Gasteiger partial charge in [-0.1, -0.05) is 0 Å². The molecule has 0 saturated carbocycles. The standard InChI is InChI=1S/C13H17N3O2/c1-3-18-7-6-14-13(17)10-4-5-12-11(8-10)15-9-16(12)2/h4-5,8-9H,3,6-7H2,1-2H3,(H,14,17). The van der Waals surface area contributed by atoms with Crippen LogP contribution in [0.25, 0.3) is 11.0 Å². The van der Waals surface area contributed by atoms with Crippen LogP contribution in [-0.2, 0) is 11.8 Å². The number of fused-ring (bicyclic) bond motifs is 1. The average molecular weight is 247 g/mol. The van der Waals surface area contributed by atoms with E-state index in [2.05, 4.69) is 10.3 Å². The van der Waals surface area contributed by atoms with Gasteiger partial charge in [-0.05, 0) is 25.1 Å². The third-order valence-electron chi connectivity index (χ3n) is 2.72. The van der Waals surface area contributed by atoms with Crippen LogP contribution in [0.2, 0.25) is 0 Å². The summed E-state index contributed by atoms with van der Waals surface area (Å²) in [5, 5.41) is 2.81. The van der Waals surface area contributed by atoms with Gasteiger partial charge in [0, 0.05) is 25.8 Å². The van der Waals surface area contributed by atoms with Crippen LogP contribution in [0.3, 0.4) is 0 Å². The molecule has 0 unspecified atom stereocenters. The fraction of sp³-hybridized carbons (Fsp3) is 0.385. The Morgan fingerprint density at radius 1 is 1.50 bits per heavy atom. The van der Waals surface area contributed by atoms with Crippen molar-refractivity contribution in [1.29, 1.82) is 0 Å². The second kappa shape index (κ2) is 5.64. The smallest absolute Gasteiger partial charge is 0.251 e. The monoisotopic (exact) mass is 247 g/mol. The van der Waals surface area contributed by atoms with Crippen molar-refractivity contribution in [2.75, 3.05) is 19.8 Å². The summed E-state index contributed by atoms with van der Waals surface area (Å²) in [6, 6.07) is 5.51. The largest absolute Gasteiger partial charge is 0.380 e. The first-order valence-corrected chi connectivity index (χ1v) is 5.99. The number of ether oxygens (including phenoxy) is 1. The van der Waals surface area contributed by atoms with Crippen LogP contribution >= 0.6 is 0 Å². The van der Waals surface area contributed by atoms with Gasteiger partial charge in [0.2, 0.25) is 0 Å². The van der Waals surface area contributed by atoms with Crippen molar-refractivity contribution < 1.29 is 9.53 Å². The number of aryl methyl sites for hydroxylation is 1. The van der Waals surface area contributed by atoms with E-state index in [1.165, 1.54) is 0 Å². The number of rotatable bonds is 5. The topological polar surface area (TPSA) is 56.1 Å². The van der Waals surface area contributed by atoms with Gasteiger partial charge in [-0.15, -0.1) is 0 Å². The normalized spacial score (nSPS) is 10.8. The minimum absolute atomic E-state index is 0.0951. The van der Waals surface area contributed by atoms with E-state index >= 15 is 0 Å². The molecular formula is C13H17N3O2. The van der Waals surface area contributed by atoms with Crippen molar-refractivity contribution in [3.8, 4) is 0 Å². The Bertz CT molecular complexity index is 548. The lowest BCUT2D eigenvalue weighted by Gasteiger charge is -2.05. The summed E-state index contributed by atoms with van der Waals surface area (Å²) in [4.78, 5) is 16.1. The Morgan fingerprint density at radius 3 is 3.11 bits per heavy atom. The molecular weight excluding hydrogens is 230 g/mol. The summed E-state index contributed by atoms with van der Waals surface area (Å²) >= 11 is 0. The van der Waals surface area contributed by atoms with Gasteiger partial charge >= 0.3 is 0 Å². The molecule has 1 aromatic heterocycles. The maximum atomic E-state index is 11.9. The highest BCUT2D eigenvalue weighted by atomic mass is 16.5. The summed E-state index contributed by atoms with van der Waals surface area (Å²) in [5.74, 6) is -0.0951. The lowest BCUT2D eigenvalue weighted by atomic mass is 10.2. The fourth-order valence-electron chi connectivity index (χ4n) is 1.76. The SMILES string of the molecule is CCOCCNC(=O)c1ccc2c(c1)ncn2C. The maximum absolute atomic E-state index is 11.9. The second-order valence-corrected chi connectivity index (χ2v) is 4.01. The quantitative estimate of drug-likeness (QED) is 0.811. The molecule has 1 amide bonds. The lowest BCUT2D eigenvalue weighted by molar-refractivity contribution is 0.0922. The van der Waals surface area contributed by atoms with Gasteiger partial charge in [0.05, 0.1) is 24.0 Å². The molecule has 0 atom stereocenters. The van der Waals surface area contributed by atoms with Crippen LogP contribution < -0.4 is 5.32 Å². The number of hydrogen-bond donors (Lipinski definition) is 1. The second-order valence-electron chi connectivity index (χ2n) is 4.01. The van der Waals surface area contributed by atoms with Crippen LogP contribution in [0, 0.1) is 0 Å². The number of benzene rings is 1. The van der Waals surface area contributed by atoms with Gasteiger partial charge in [-0.2, -0.15) is 0 Å². The molecule has 5 nitrogen and oxygen atoms in total. The van der Waals surface area contributed by atoms with Crippen LogP contribution in [0.1, 0.15) is 17.3 Å². The summed E-state index contributed by atoms with van der Waals surface area (Å²) < 4.78 is 7.09. The average Bonchev–Trinajstić information content (AvgIpc) is 2.76. The molecule has 0 radical (unpaired) electrons. The van der Waals surface area contributed by atoms with Gasteiger partial charge in [-0.25, -0.2) is 4.98 Å². The Hall–Kier alpha value is -1.88. The van der Waals surface area contributed by atoms with Gasteiger partial charge < -0.3 is 14.6 Å². The van der Waals surface area contributed by atoms with Crippen molar-refractivity contribution in [2.45, 2.75) is 6.92 Å². The molecule has 0 saturated heterocycles. The predicted molar refractivity (Wildman–Crippen MR) is 69.5 cm³/mol. The Kier molecular flexibility index (Phi) is 3.94. The minimum atomic E-state index is -0.0951. The molecule has 0 aliphatic carbocycles. The van der Waals surface area contributed by atoms with E-state index in [1.54, 1.807) is 18.5 Å². The van der Waals surface area contributed by atoms with Gasteiger partial charge in [0.1, 0.15) is 0 Å². The molecule has 5 heteroatoms. The van der Waals surface area contributed by atoms with Crippen LogP contribution in [0.4, 0.5) is 0 Å². The number of hydrogen-bond acceptors (Lipinski definition) is 3. The Morgan fingerprint density at radius 2 is 2.33 bits per heavy atom. The first-order chi connectivity index (χ1) is 8.72. The number of nitrogens with one attached hydrogen (secondary N) is 1. The number of carbonyl (C=O) groups excluding carboxylic acids is 1. The zero-order chi connectivity index (χ0) is 13.0. The first kappa shape index (κ1) is 12.6. The molecule has 0 aliphatic heterocycles. The van der Waals surface area contributed by atoms with Gasteiger partial charge in [-0.3, -0.25) is 4.79 Å². The number of carbonyl (C=O) groups is 1. The van der Waals surface area contributed by atoms with E-state index in [-0.39, 0.29) is 5.91 Å². The number of imidazole rings is 1. The van der Waals surface area contributed by atoms with Crippen molar-refractivity contribution in [2.24, 2.45) is 7.05 Å². The van der Waals surface area contributed by atoms with E-state index in [0.717, 1.165) is 11.0 Å². The summed E-state index contributed by atoms with van der Waals surface area (Å²) in [7, 11) is 1.93. The van der Waals surface area contributed by atoms with Crippen LogP contribution in [0.5, 0.6) is 0 Å². The highest BCUT2D eigenvalue weighted by molar-refractivity contribution is 5.97. The zero-order valence-corrected chi connectivity index (χ0v) is 10.6. The molecule has 1 aromatic carbocycles. The van der Waals surface area contributed by atoms with E-state index in [4.69, 9.17) is 4.74 Å². The van der Waals surface area contributed by atoms with E-state index in [1.807, 2.05) is 24.6 Å². The molecule has 18 heavy (non-hydrogen) atoms. The molecule has 1 N–H and O–H groups in total. The lowest BCUT2D eigenvalue weighted by Crippen LogP contribution is -2.27. The van der Waals surface area contributed by atoms with Crippen molar-refractivity contribution >= 4 is 16.9 Å². The predicted octanol–water partition coefficient (Wildman–Crippen LogP) is 1.34. The molecule has 0 spiro atoms. The molecule has 1 heterocycles.